The van der Waals surface area contributed by atoms with Gasteiger partial charge in [0.2, 0.25) is 0 Å². The summed E-state index contributed by atoms with van der Waals surface area (Å²) in [5, 5.41) is 0. The Morgan fingerprint density at radius 2 is 1.65 bits per heavy atom. The first kappa shape index (κ1) is 14.4. The van der Waals surface area contributed by atoms with Gasteiger partial charge in [0.15, 0.2) is 6.29 Å². The lowest BCUT2D eigenvalue weighted by molar-refractivity contribution is -0.152. The van der Waals surface area contributed by atoms with Crippen molar-refractivity contribution < 1.29 is 14.2 Å². The van der Waals surface area contributed by atoms with Crippen LogP contribution >= 0.6 is 11.8 Å². The summed E-state index contributed by atoms with van der Waals surface area (Å²) < 4.78 is 16.4. The van der Waals surface area contributed by atoms with Crippen LogP contribution in [0.25, 0.3) is 0 Å². The molecule has 1 aromatic carbocycles. The van der Waals surface area contributed by atoms with E-state index in [1.807, 2.05) is 38.1 Å². The van der Waals surface area contributed by atoms with Crippen molar-refractivity contribution >= 4 is 11.8 Å². The summed E-state index contributed by atoms with van der Waals surface area (Å²) in [4.78, 5) is 1.23. The minimum atomic E-state index is -0.287. The van der Waals surface area contributed by atoms with E-state index in [4.69, 9.17) is 14.2 Å². The van der Waals surface area contributed by atoms with Crippen molar-refractivity contribution in [2.24, 2.45) is 0 Å². The lowest BCUT2D eigenvalue weighted by Crippen LogP contribution is -2.25. The third kappa shape index (κ3) is 5.44. The molecule has 0 saturated heterocycles. The molecule has 3 nitrogen and oxygen atoms in total. The second-order valence-corrected chi connectivity index (χ2v) is 4.21. The van der Waals surface area contributed by atoms with Gasteiger partial charge in [0, 0.05) is 18.1 Å². The summed E-state index contributed by atoms with van der Waals surface area (Å²) in [5.41, 5.74) is 0. The van der Waals surface area contributed by atoms with Crippen LogP contribution in [-0.4, -0.2) is 32.4 Å². The van der Waals surface area contributed by atoms with Crippen LogP contribution in [0.5, 0.6) is 5.75 Å². The Kier molecular flexibility index (Phi) is 7.08. The second kappa shape index (κ2) is 8.39. The number of rotatable bonds is 8. The number of hydrogen-bond acceptors (Lipinski definition) is 4. The molecule has 0 N–H and O–H groups in total. The molecule has 0 aliphatic rings. The lowest BCUT2D eigenvalue weighted by atomic mass is 10.3. The third-order valence-corrected chi connectivity index (χ3v) is 2.89. The molecule has 0 bridgehead atoms. The lowest BCUT2D eigenvalue weighted by Gasteiger charge is -2.17. The molecule has 0 aliphatic carbocycles. The van der Waals surface area contributed by atoms with Gasteiger partial charge in [-0.3, -0.25) is 0 Å². The van der Waals surface area contributed by atoms with Crippen molar-refractivity contribution in [2.75, 3.05) is 26.1 Å². The first-order chi connectivity index (χ1) is 8.30. The van der Waals surface area contributed by atoms with E-state index in [-0.39, 0.29) is 6.29 Å². The van der Waals surface area contributed by atoms with E-state index in [9.17, 15) is 0 Å². The van der Waals surface area contributed by atoms with Crippen molar-refractivity contribution in [1.82, 2.24) is 0 Å². The molecule has 0 spiro atoms. The third-order valence-electron chi connectivity index (χ3n) is 2.15. The van der Waals surface area contributed by atoms with Crippen LogP contribution in [0.4, 0.5) is 0 Å². The summed E-state index contributed by atoms with van der Waals surface area (Å²) >= 11 is 1.71. The fourth-order valence-corrected chi connectivity index (χ4v) is 1.76. The molecule has 0 heterocycles. The van der Waals surface area contributed by atoms with Crippen LogP contribution in [0.1, 0.15) is 13.8 Å². The number of benzene rings is 1. The van der Waals surface area contributed by atoms with Crippen LogP contribution in [0.15, 0.2) is 29.2 Å². The van der Waals surface area contributed by atoms with Crippen molar-refractivity contribution in [2.45, 2.75) is 25.0 Å². The smallest absolute Gasteiger partial charge is 0.191 e. The molecule has 96 valence electrons. The van der Waals surface area contributed by atoms with Gasteiger partial charge in [-0.1, -0.05) is 0 Å². The van der Waals surface area contributed by atoms with Gasteiger partial charge < -0.3 is 14.2 Å². The summed E-state index contributed by atoms with van der Waals surface area (Å²) in [6, 6.07) is 7.99. The Bertz CT molecular complexity index is 294. The van der Waals surface area contributed by atoms with E-state index in [1.54, 1.807) is 11.8 Å². The Balaban J connectivity index is 2.41. The fraction of sp³-hybridized carbons (Fsp3) is 0.538. The highest BCUT2D eigenvalue weighted by molar-refractivity contribution is 7.98. The van der Waals surface area contributed by atoms with E-state index in [1.165, 1.54) is 4.90 Å². The van der Waals surface area contributed by atoms with E-state index >= 15 is 0 Å². The van der Waals surface area contributed by atoms with E-state index in [0.29, 0.717) is 19.8 Å². The molecule has 1 aromatic rings. The number of hydrogen-bond donors (Lipinski definition) is 0. The largest absolute Gasteiger partial charge is 0.488 e. The average Bonchev–Trinajstić information content (AvgIpc) is 2.37. The van der Waals surface area contributed by atoms with Crippen molar-refractivity contribution in [3.8, 4) is 5.75 Å². The first-order valence-electron chi connectivity index (χ1n) is 5.80. The molecule has 0 unspecified atom stereocenters. The van der Waals surface area contributed by atoms with Gasteiger partial charge in [0.1, 0.15) is 12.4 Å². The van der Waals surface area contributed by atoms with Crippen LogP contribution in [-0.2, 0) is 9.47 Å². The quantitative estimate of drug-likeness (QED) is 0.527. The molecule has 0 aliphatic heterocycles. The molecule has 0 aromatic heterocycles. The number of thioether (sulfide) groups is 1. The SMILES string of the molecule is CCOC(COc1ccc(SC)cc1)OCC. The fourth-order valence-electron chi connectivity index (χ4n) is 1.35. The van der Waals surface area contributed by atoms with Gasteiger partial charge >= 0.3 is 0 Å². The monoisotopic (exact) mass is 256 g/mol. The highest BCUT2D eigenvalue weighted by Crippen LogP contribution is 2.19. The van der Waals surface area contributed by atoms with Gasteiger partial charge in [0.05, 0.1) is 0 Å². The Morgan fingerprint density at radius 1 is 1.06 bits per heavy atom. The molecule has 0 radical (unpaired) electrons. The minimum absolute atomic E-state index is 0.287. The average molecular weight is 256 g/mol. The predicted molar refractivity (Wildman–Crippen MR) is 70.8 cm³/mol. The highest BCUT2D eigenvalue weighted by atomic mass is 32.2. The maximum atomic E-state index is 5.61. The van der Waals surface area contributed by atoms with E-state index in [0.717, 1.165) is 5.75 Å². The second-order valence-electron chi connectivity index (χ2n) is 3.33. The summed E-state index contributed by atoms with van der Waals surface area (Å²) in [5.74, 6) is 0.840. The zero-order valence-electron chi connectivity index (χ0n) is 10.6. The standard InChI is InChI=1S/C13H20O3S/c1-4-14-13(15-5-2)10-16-11-6-8-12(17-3)9-7-11/h6-9,13H,4-5,10H2,1-3H3. The molecule has 4 heteroatoms. The maximum Gasteiger partial charge on any atom is 0.191 e. The summed E-state index contributed by atoms with van der Waals surface area (Å²) in [6.07, 6.45) is 1.76. The molecular weight excluding hydrogens is 236 g/mol. The minimum Gasteiger partial charge on any atom is -0.488 e. The van der Waals surface area contributed by atoms with Crippen molar-refractivity contribution in [3.05, 3.63) is 24.3 Å². The molecule has 0 fully saturated rings. The molecule has 1 rings (SSSR count). The number of ether oxygens (including phenoxy) is 3. The zero-order chi connectivity index (χ0) is 12.5. The van der Waals surface area contributed by atoms with E-state index < -0.39 is 0 Å². The van der Waals surface area contributed by atoms with Crippen LogP contribution in [0.3, 0.4) is 0 Å². The van der Waals surface area contributed by atoms with Gasteiger partial charge in [0.25, 0.3) is 0 Å². The normalized spacial score (nSPS) is 10.8. The van der Waals surface area contributed by atoms with Crippen LogP contribution < -0.4 is 4.74 Å². The maximum absolute atomic E-state index is 5.61. The summed E-state index contributed by atoms with van der Waals surface area (Å²) in [6.45, 7) is 5.55. The highest BCUT2D eigenvalue weighted by Gasteiger charge is 2.08. The zero-order valence-corrected chi connectivity index (χ0v) is 11.5. The first-order valence-corrected chi connectivity index (χ1v) is 7.02. The van der Waals surface area contributed by atoms with Crippen molar-refractivity contribution in [1.29, 1.82) is 0 Å². The van der Waals surface area contributed by atoms with Crippen LogP contribution in [0.2, 0.25) is 0 Å². The predicted octanol–water partition coefficient (Wildman–Crippen LogP) is 3.19. The van der Waals surface area contributed by atoms with Gasteiger partial charge in [-0.15, -0.1) is 11.8 Å². The molecule has 0 amide bonds. The molecule has 17 heavy (non-hydrogen) atoms. The van der Waals surface area contributed by atoms with Gasteiger partial charge in [-0.05, 0) is 44.4 Å². The molecule has 0 saturated carbocycles. The van der Waals surface area contributed by atoms with Gasteiger partial charge in [-0.25, -0.2) is 0 Å². The van der Waals surface area contributed by atoms with Crippen molar-refractivity contribution in [3.63, 3.8) is 0 Å². The molecular formula is C13H20O3S. The van der Waals surface area contributed by atoms with E-state index in [2.05, 4.69) is 6.26 Å². The topological polar surface area (TPSA) is 27.7 Å². The summed E-state index contributed by atoms with van der Waals surface area (Å²) in [7, 11) is 0. The Labute approximate surface area is 107 Å². The molecule has 0 atom stereocenters. The Morgan fingerprint density at radius 3 is 2.12 bits per heavy atom. The van der Waals surface area contributed by atoms with Gasteiger partial charge in [-0.2, -0.15) is 0 Å². The Hall–Kier alpha value is -0.710. The van der Waals surface area contributed by atoms with Crippen LogP contribution in [0, 0.1) is 0 Å².